The van der Waals surface area contributed by atoms with E-state index >= 15 is 0 Å². The number of anilines is 2. The molecule has 1 aromatic heterocycles. The van der Waals surface area contributed by atoms with Crippen molar-refractivity contribution in [3.8, 4) is 0 Å². The van der Waals surface area contributed by atoms with Crippen molar-refractivity contribution in [2.45, 2.75) is 0 Å². The number of aromatic nitrogens is 1. The van der Waals surface area contributed by atoms with E-state index in [-0.39, 0.29) is 11.4 Å². The van der Waals surface area contributed by atoms with Gasteiger partial charge in [0.1, 0.15) is 11.6 Å². The highest BCUT2D eigenvalue weighted by Gasteiger charge is 2.15. The van der Waals surface area contributed by atoms with Crippen LogP contribution >= 0.6 is 11.3 Å². The van der Waals surface area contributed by atoms with Crippen LogP contribution in [-0.2, 0) is 9.53 Å². The van der Waals surface area contributed by atoms with Crippen LogP contribution in [0.1, 0.15) is 10.5 Å². The van der Waals surface area contributed by atoms with Gasteiger partial charge in [-0.15, -0.1) is 17.9 Å². The summed E-state index contributed by atoms with van der Waals surface area (Å²) < 4.78 is 31.0. The van der Waals surface area contributed by atoms with Crippen LogP contribution in [-0.4, -0.2) is 30.0 Å². The molecule has 1 heterocycles. The number of carbonyl (C=O) groups excluding carboxylic acids is 2. The average molecular weight is 353 g/mol. The van der Waals surface area contributed by atoms with Gasteiger partial charge in [0.05, 0.1) is 5.69 Å². The van der Waals surface area contributed by atoms with Crippen molar-refractivity contribution < 1.29 is 23.1 Å². The number of hydrogen-bond donors (Lipinski definition) is 2. The van der Waals surface area contributed by atoms with E-state index in [1.54, 1.807) is 6.08 Å². The summed E-state index contributed by atoms with van der Waals surface area (Å²) in [6, 6.07) is 2.70. The van der Waals surface area contributed by atoms with Crippen LogP contribution in [0, 0.1) is 11.6 Å². The van der Waals surface area contributed by atoms with Crippen LogP contribution in [0.4, 0.5) is 19.6 Å². The normalized spacial score (nSPS) is 10.1. The summed E-state index contributed by atoms with van der Waals surface area (Å²) in [5.74, 6) is -3.23. The second-order valence-electron chi connectivity index (χ2n) is 4.46. The minimum Gasteiger partial charge on any atom is -0.451 e. The highest BCUT2D eigenvalue weighted by atomic mass is 32.1. The Bertz CT molecular complexity index is 764. The summed E-state index contributed by atoms with van der Waals surface area (Å²) in [4.78, 5) is 27.4. The Kier molecular flexibility index (Phi) is 5.96. The number of nitrogens with zero attached hydrogens (tertiary/aromatic N) is 1. The maximum Gasteiger partial charge on any atom is 0.358 e. The first-order valence-electron chi connectivity index (χ1n) is 6.72. The number of benzene rings is 1. The maximum absolute atomic E-state index is 13.4. The SMILES string of the molecule is C=CCNc1nc(C(=O)OCC(=O)Nc2ccc(F)cc2F)cs1. The van der Waals surface area contributed by atoms with Crippen molar-refractivity contribution in [2.75, 3.05) is 23.8 Å². The predicted octanol–water partition coefficient (Wildman–Crippen LogP) is 2.81. The zero-order chi connectivity index (χ0) is 17.5. The second kappa shape index (κ2) is 8.16. The van der Waals surface area contributed by atoms with Crippen molar-refractivity contribution >= 4 is 34.0 Å². The Labute approximate surface area is 140 Å². The Morgan fingerprint density at radius 1 is 1.38 bits per heavy atom. The van der Waals surface area contributed by atoms with E-state index in [9.17, 15) is 18.4 Å². The third-order valence-corrected chi connectivity index (χ3v) is 3.45. The first-order valence-corrected chi connectivity index (χ1v) is 7.60. The minimum absolute atomic E-state index is 0.0484. The molecule has 0 atom stereocenters. The van der Waals surface area contributed by atoms with Gasteiger partial charge in [0.15, 0.2) is 17.4 Å². The van der Waals surface area contributed by atoms with E-state index in [2.05, 4.69) is 22.2 Å². The maximum atomic E-state index is 13.4. The number of ether oxygens (including phenoxy) is 1. The van der Waals surface area contributed by atoms with Crippen molar-refractivity contribution in [2.24, 2.45) is 0 Å². The van der Waals surface area contributed by atoms with Gasteiger partial charge in [-0.05, 0) is 12.1 Å². The second-order valence-corrected chi connectivity index (χ2v) is 5.31. The van der Waals surface area contributed by atoms with Crippen LogP contribution in [0.25, 0.3) is 0 Å². The number of hydrogen-bond acceptors (Lipinski definition) is 6. The molecule has 126 valence electrons. The van der Waals surface area contributed by atoms with Gasteiger partial charge in [0, 0.05) is 18.0 Å². The number of halogens is 2. The molecule has 0 saturated heterocycles. The van der Waals surface area contributed by atoms with Gasteiger partial charge in [0.2, 0.25) is 0 Å². The molecule has 24 heavy (non-hydrogen) atoms. The lowest BCUT2D eigenvalue weighted by Crippen LogP contribution is -2.21. The van der Waals surface area contributed by atoms with Crippen LogP contribution < -0.4 is 10.6 Å². The summed E-state index contributed by atoms with van der Waals surface area (Å²) in [5.41, 5.74) is -0.158. The molecule has 2 rings (SSSR count). The molecule has 1 aromatic carbocycles. The van der Waals surface area contributed by atoms with E-state index in [1.807, 2.05) is 0 Å². The molecule has 0 radical (unpaired) electrons. The topological polar surface area (TPSA) is 80.3 Å². The average Bonchev–Trinajstić information content (AvgIpc) is 3.02. The van der Waals surface area contributed by atoms with Gasteiger partial charge in [-0.25, -0.2) is 18.6 Å². The molecule has 0 unspecified atom stereocenters. The standard InChI is InChI=1S/C15H13F2N3O3S/c1-2-5-18-15-20-12(8-24-15)14(22)23-7-13(21)19-11-4-3-9(16)6-10(11)17/h2-4,6,8H,1,5,7H2,(H,18,20)(H,19,21). The number of rotatable bonds is 7. The highest BCUT2D eigenvalue weighted by Crippen LogP contribution is 2.16. The largest absolute Gasteiger partial charge is 0.451 e. The molecular weight excluding hydrogens is 340 g/mol. The quantitative estimate of drug-likeness (QED) is 0.591. The summed E-state index contributed by atoms with van der Waals surface area (Å²) in [7, 11) is 0. The highest BCUT2D eigenvalue weighted by molar-refractivity contribution is 7.13. The van der Waals surface area contributed by atoms with E-state index in [1.165, 1.54) is 16.7 Å². The Hall–Kier alpha value is -2.81. The predicted molar refractivity (Wildman–Crippen MR) is 86.1 cm³/mol. The number of nitrogens with one attached hydrogen (secondary N) is 2. The zero-order valence-electron chi connectivity index (χ0n) is 12.3. The third-order valence-electron chi connectivity index (χ3n) is 2.65. The third kappa shape index (κ3) is 4.85. The molecule has 2 N–H and O–H groups in total. The van der Waals surface area contributed by atoms with Gasteiger partial charge >= 0.3 is 5.97 Å². The lowest BCUT2D eigenvalue weighted by molar-refractivity contribution is -0.119. The first-order chi connectivity index (χ1) is 11.5. The van der Waals surface area contributed by atoms with E-state index in [0.717, 1.165) is 12.1 Å². The smallest absolute Gasteiger partial charge is 0.358 e. The molecule has 0 bridgehead atoms. The molecule has 2 aromatic rings. The van der Waals surface area contributed by atoms with Gasteiger partial charge in [-0.1, -0.05) is 6.08 Å². The molecule has 0 saturated carbocycles. The first kappa shape index (κ1) is 17.5. The fourth-order valence-electron chi connectivity index (χ4n) is 1.59. The number of amides is 1. The van der Waals surface area contributed by atoms with Crippen LogP contribution in [0.3, 0.4) is 0 Å². The molecular formula is C15H13F2N3O3S. The van der Waals surface area contributed by atoms with Crippen molar-refractivity contribution in [3.05, 3.63) is 53.6 Å². The Balaban J connectivity index is 1.85. The molecule has 0 spiro atoms. The Morgan fingerprint density at radius 3 is 2.88 bits per heavy atom. The molecule has 0 aliphatic heterocycles. The lowest BCUT2D eigenvalue weighted by Gasteiger charge is -2.06. The number of esters is 1. The van der Waals surface area contributed by atoms with Gasteiger partial charge in [-0.3, -0.25) is 4.79 Å². The fourth-order valence-corrected chi connectivity index (χ4v) is 2.28. The summed E-state index contributed by atoms with van der Waals surface area (Å²) in [6.07, 6.45) is 1.64. The summed E-state index contributed by atoms with van der Waals surface area (Å²) in [6.45, 7) is 3.41. The Morgan fingerprint density at radius 2 is 2.17 bits per heavy atom. The van der Waals surface area contributed by atoms with Crippen LogP contribution in [0.15, 0.2) is 36.2 Å². The van der Waals surface area contributed by atoms with Crippen LogP contribution in [0.5, 0.6) is 0 Å². The molecule has 0 aliphatic rings. The fraction of sp³-hybridized carbons (Fsp3) is 0.133. The van der Waals surface area contributed by atoms with E-state index in [0.29, 0.717) is 17.7 Å². The molecule has 0 fully saturated rings. The van der Waals surface area contributed by atoms with Crippen LogP contribution in [0.2, 0.25) is 0 Å². The molecule has 6 nitrogen and oxygen atoms in total. The van der Waals surface area contributed by atoms with E-state index in [4.69, 9.17) is 4.74 Å². The van der Waals surface area contributed by atoms with Crippen molar-refractivity contribution in [1.29, 1.82) is 0 Å². The lowest BCUT2D eigenvalue weighted by atomic mass is 10.3. The minimum atomic E-state index is -0.924. The molecule has 0 aliphatic carbocycles. The van der Waals surface area contributed by atoms with Crippen molar-refractivity contribution in [1.82, 2.24) is 4.98 Å². The zero-order valence-corrected chi connectivity index (χ0v) is 13.2. The van der Waals surface area contributed by atoms with Gasteiger partial charge in [-0.2, -0.15) is 0 Å². The summed E-state index contributed by atoms with van der Waals surface area (Å²) >= 11 is 1.20. The number of carbonyl (C=O) groups is 2. The molecule has 1 amide bonds. The van der Waals surface area contributed by atoms with Gasteiger partial charge in [0.25, 0.3) is 5.91 Å². The number of thiazole rings is 1. The van der Waals surface area contributed by atoms with E-state index < -0.39 is 30.1 Å². The monoisotopic (exact) mass is 353 g/mol. The van der Waals surface area contributed by atoms with Gasteiger partial charge < -0.3 is 15.4 Å². The summed E-state index contributed by atoms with van der Waals surface area (Å²) in [5, 5.41) is 7.08. The molecule has 9 heteroatoms. The van der Waals surface area contributed by atoms with Crippen molar-refractivity contribution in [3.63, 3.8) is 0 Å².